The van der Waals surface area contributed by atoms with Gasteiger partial charge in [-0.2, -0.15) is 0 Å². The maximum atomic E-state index is 12.0. The van der Waals surface area contributed by atoms with Crippen LogP contribution in [-0.2, 0) is 4.79 Å². The van der Waals surface area contributed by atoms with E-state index in [1.165, 1.54) is 18.2 Å². The Hall–Kier alpha value is -2.09. The number of carbonyl (C=O) groups excluding carboxylic acids is 1. The fourth-order valence-corrected chi connectivity index (χ4v) is 3.79. The molecule has 0 bridgehead atoms. The molecule has 3 rings (SSSR count). The summed E-state index contributed by atoms with van der Waals surface area (Å²) in [5.41, 5.74) is 0. The third kappa shape index (κ3) is 4.94. The number of hydrogen-bond donors (Lipinski definition) is 1. The topological polar surface area (TPSA) is 84.2 Å². The second-order valence-electron chi connectivity index (χ2n) is 6.71. The maximum Gasteiger partial charge on any atom is 0.236 e. The number of amides is 1. The van der Waals surface area contributed by atoms with E-state index in [1.54, 1.807) is 19.2 Å². The lowest BCUT2D eigenvalue weighted by Gasteiger charge is -2.35. The first-order valence-electron chi connectivity index (χ1n) is 8.43. The van der Waals surface area contributed by atoms with E-state index in [2.05, 4.69) is 39.2 Å². The number of aryl methyl sites for hydroxylation is 1. The summed E-state index contributed by atoms with van der Waals surface area (Å²) in [5, 5.41) is 7.04. The number of nitrogens with zero attached hydrogens (tertiary/aromatic N) is 4. The summed E-state index contributed by atoms with van der Waals surface area (Å²) in [6, 6.07) is 3.62. The van der Waals surface area contributed by atoms with Crippen molar-refractivity contribution in [1.82, 2.24) is 15.1 Å². The van der Waals surface area contributed by atoms with Gasteiger partial charge in [0.2, 0.25) is 5.91 Å². The van der Waals surface area contributed by atoms with Gasteiger partial charge in [-0.1, -0.05) is 30.8 Å². The van der Waals surface area contributed by atoms with Crippen LogP contribution >= 0.6 is 11.8 Å². The standard InChI is InChI=1S/C17H23N5O2S/c1-11-6-12(2)9-22(8-11)15-4-5-18-17(20-15)25-10-16(23)19-14-7-13(3)24-21-14/h4-5,7,11-12H,6,8-10H2,1-3H3,(H,19,21,23). The highest BCUT2D eigenvalue weighted by Crippen LogP contribution is 2.26. The number of hydrogen-bond acceptors (Lipinski definition) is 7. The zero-order valence-electron chi connectivity index (χ0n) is 14.7. The Kier molecular flexibility index (Phi) is 5.57. The Bertz CT molecular complexity index is 725. The van der Waals surface area contributed by atoms with Crippen molar-refractivity contribution in [3.8, 4) is 0 Å². The smallest absolute Gasteiger partial charge is 0.236 e. The van der Waals surface area contributed by atoms with Crippen LogP contribution in [-0.4, -0.2) is 39.9 Å². The molecule has 134 valence electrons. The van der Waals surface area contributed by atoms with Gasteiger partial charge < -0.3 is 14.7 Å². The van der Waals surface area contributed by atoms with Gasteiger partial charge in [-0.25, -0.2) is 9.97 Å². The minimum atomic E-state index is -0.160. The van der Waals surface area contributed by atoms with Crippen molar-refractivity contribution in [2.24, 2.45) is 11.8 Å². The first-order chi connectivity index (χ1) is 12.0. The highest BCUT2D eigenvalue weighted by Gasteiger charge is 2.23. The molecule has 2 aromatic heterocycles. The molecule has 1 amide bonds. The van der Waals surface area contributed by atoms with Gasteiger partial charge in [0, 0.05) is 25.4 Å². The van der Waals surface area contributed by atoms with Crippen LogP contribution in [0, 0.1) is 18.8 Å². The molecule has 1 N–H and O–H groups in total. The molecule has 3 heterocycles. The minimum Gasteiger partial charge on any atom is -0.360 e. The van der Waals surface area contributed by atoms with E-state index in [1.807, 2.05) is 6.07 Å². The van der Waals surface area contributed by atoms with E-state index in [4.69, 9.17) is 4.52 Å². The highest BCUT2D eigenvalue weighted by molar-refractivity contribution is 7.99. The van der Waals surface area contributed by atoms with Crippen LogP contribution in [0.15, 0.2) is 28.0 Å². The van der Waals surface area contributed by atoms with Gasteiger partial charge in [-0.05, 0) is 31.2 Å². The van der Waals surface area contributed by atoms with Crippen LogP contribution in [0.25, 0.3) is 0 Å². The van der Waals surface area contributed by atoms with Crippen LogP contribution < -0.4 is 10.2 Å². The largest absolute Gasteiger partial charge is 0.360 e. The highest BCUT2D eigenvalue weighted by atomic mass is 32.2. The van der Waals surface area contributed by atoms with Crippen molar-refractivity contribution in [1.29, 1.82) is 0 Å². The van der Waals surface area contributed by atoms with Crippen LogP contribution in [0.3, 0.4) is 0 Å². The van der Waals surface area contributed by atoms with Crippen LogP contribution in [0.5, 0.6) is 0 Å². The quantitative estimate of drug-likeness (QED) is 0.647. The van der Waals surface area contributed by atoms with E-state index >= 15 is 0 Å². The van der Waals surface area contributed by atoms with Crippen molar-refractivity contribution in [3.63, 3.8) is 0 Å². The molecule has 2 aromatic rings. The van der Waals surface area contributed by atoms with Gasteiger partial charge >= 0.3 is 0 Å². The zero-order valence-corrected chi connectivity index (χ0v) is 15.5. The second-order valence-corrected chi connectivity index (χ2v) is 7.65. The number of anilines is 2. The average Bonchev–Trinajstić information content (AvgIpc) is 2.97. The third-order valence-corrected chi connectivity index (χ3v) is 4.90. The zero-order chi connectivity index (χ0) is 17.8. The summed E-state index contributed by atoms with van der Waals surface area (Å²) in [6.07, 6.45) is 3.01. The van der Waals surface area contributed by atoms with E-state index < -0.39 is 0 Å². The molecule has 2 atom stereocenters. The number of carbonyl (C=O) groups is 1. The molecule has 1 saturated heterocycles. The summed E-state index contributed by atoms with van der Waals surface area (Å²) >= 11 is 1.32. The lowest BCUT2D eigenvalue weighted by Crippen LogP contribution is -2.39. The summed E-state index contributed by atoms with van der Waals surface area (Å²) < 4.78 is 4.93. The summed E-state index contributed by atoms with van der Waals surface area (Å²) in [4.78, 5) is 23.2. The first kappa shape index (κ1) is 17.7. The predicted octanol–water partition coefficient (Wildman–Crippen LogP) is 2.99. The Balaban J connectivity index is 1.57. The number of rotatable bonds is 5. The van der Waals surface area contributed by atoms with Gasteiger partial charge in [0.1, 0.15) is 11.6 Å². The van der Waals surface area contributed by atoms with Crippen molar-refractivity contribution in [2.75, 3.05) is 29.1 Å². The molecular weight excluding hydrogens is 338 g/mol. The Morgan fingerprint density at radius 1 is 1.40 bits per heavy atom. The molecule has 25 heavy (non-hydrogen) atoms. The van der Waals surface area contributed by atoms with Gasteiger partial charge in [0.25, 0.3) is 0 Å². The molecule has 0 aromatic carbocycles. The van der Waals surface area contributed by atoms with E-state index in [9.17, 15) is 4.79 Å². The monoisotopic (exact) mass is 361 g/mol. The minimum absolute atomic E-state index is 0.160. The van der Waals surface area contributed by atoms with Crippen LogP contribution in [0.4, 0.5) is 11.6 Å². The number of thioether (sulfide) groups is 1. The average molecular weight is 361 g/mol. The SMILES string of the molecule is Cc1cc(NC(=O)CSc2nccc(N3CC(C)CC(C)C3)n2)no1. The molecule has 0 spiro atoms. The molecule has 0 aliphatic carbocycles. The molecule has 1 aliphatic rings. The van der Waals surface area contributed by atoms with Crippen molar-refractivity contribution < 1.29 is 9.32 Å². The molecule has 8 heteroatoms. The molecular formula is C17H23N5O2S. The molecule has 0 saturated carbocycles. The third-order valence-electron chi connectivity index (χ3n) is 4.04. The number of piperidine rings is 1. The fourth-order valence-electron chi connectivity index (χ4n) is 3.16. The number of nitrogens with one attached hydrogen (secondary N) is 1. The van der Waals surface area contributed by atoms with Crippen molar-refractivity contribution in [3.05, 3.63) is 24.1 Å². The summed E-state index contributed by atoms with van der Waals surface area (Å²) in [7, 11) is 0. The molecule has 7 nitrogen and oxygen atoms in total. The van der Waals surface area contributed by atoms with Gasteiger partial charge in [0.15, 0.2) is 11.0 Å². The number of aromatic nitrogens is 3. The molecule has 1 fully saturated rings. The Labute approximate surface area is 151 Å². The Morgan fingerprint density at radius 2 is 2.16 bits per heavy atom. The normalized spacial score (nSPS) is 20.5. The van der Waals surface area contributed by atoms with Crippen molar-refractivity contribution in [2.45, 2.75) is 32.3 Å². The van der Waals surface area contributed by atoms with Crippen molar-refractivity contribution >= 4 is 29.3 Å². The Morgan fingerprint density at radius 3 is 2.84 bits per heavy atom. The first-order valence-corrected chi connectivity index (χ1v) is 9.42. The predicted molar refractivity (Wildman–Crippen MR) is 97.8 cm³/mol. The van der Waals surface area contributed by atoms with Gasteiger partial charge in [0.05, 0.1) is 5.75 Å². The maximum absolute atomic E-state index is 12.0. The molecule has 1 aliphatic heterocycles. The van der Waals surface area contributed by atoms with Crippen LogP contribution in [0.2, 0.25) is 0 Å². The van der Waals surface area contributed by atoms with E-state index in [0.29, 0.717) is 28.6 Å². The van der Waals surface area contributed by atoms with Gasteiger partial charge in [-0.15, -0.1) is 0 Å². The lowest BCUT2D eigenvalue weighted by atomic mass is 9.92. The fraction of sp³-hybridized carbons (Fsp3) is 0.529. The molecule has 2 unspecified atom stereocenters. The van der Waals surface area contributed by atoms with Crippen LogP contribution in [0.1, 0.15) is 26.0 Å². The lowest BCUT2D eigenvalue weighted by molar-refractivity contribution is -0.113. The second kappa shape index (κ2) is 7.86. The molecule has 0 radical (unpaired) electrons. The van der Waals surface area contributed by atoms with E-state index in [-0.39, 0.29) is 11.7 Å². The summed E-state index contributed by atoms with van der Waals surface area (Å²) in [6.45, 7) is 8.35. The van der Waals surface area contributed by atoms with Gasteiger partial charge in [-0.3, -0.25) is 4.79 Å². The summed E-state index contributed by atoms with van der Waals surface area (Å²) in [5.74, 6) is 3.40. The van der Waals surface area contributed by atoms with E-state index in [0.717, 1.165) is 18.9 Å².